The van der Waals surface area contributed by atoms with Gasteiger partial charge in [0.25, 0.3) is 0 Å². The van der Waals surface area contributed by atoms with Gasteiger partial charge in [0, 0.05) is 12.8 Å². The Morgan fingerprint density at radius 3 is 1.77 bits per heavy atom. The highest BCUT2D eigenvalue weighted by Crippen LogP contribution is 2.12. The van der Waals surface area contributed by atoms with Gasteiger partial charge < -0.3 is 14.6 Å². The molecule has 0 rings (SSSR count). The summed E-state index contributed by atoms with van der Waals surface area (Å²) in [5.41, 5.74) is 0. The first-order valence-electron chi connectivity index (χ1n) is 10.6. The number of aliphatic hydroxyl groups excluding tert-OH is 1. The number of carbonyl (C=O) groups is 2. The molecule has 0 radical (unpaired) electrons. The fraction of sp³-hybridized carbons (Fsp3) is 0.905. The summed E-state index contributed by atoms with van der Waals surface area (Å²) in [5.74, 6) is -0.654. The Balaban J connectivity index is 3.53. The van der Waals surface area contributed by atoms with Gasteiger partial charge in [0.05, 0.1) is 6.61 Å². The van der Waals surface area contributed by atoms with Crippen LogP contribution in [0.1, 0.15) is 104 Å². The van der Waals surface area contributed by atoms with Crippen molar-refractivity contribution in [3.8, 4) is 0 Å². The maximum atomic E-state index is 11.8. The summed E-state index contributed by atoms with van der Waals surface area (Å²) < 4.78 is 10.1. The van der Waals surface area contributed by atoms with E-state index in [0.717, 1.165) is 19.3 Å². The van der Waals surface area contributed by atoms with Crippen molar-refractivity contribution in [1.82, 2.24) is 0 Å². The zero-order valence-corrected chi connectivity index (χ0v) is 17.0. The normalized spacial score (nSPS) is 12.0. The minimum absolute atomic E-state index is 0.0701. The highest BCUT2D eigenvalue weighted by Gasteiger charge is 2.15. The van der Waals surface area contributed by atoms with Crippen molar-refractivity contribution >= 4 is 11.9 Å². The molecule has 1 N–H and O–H groups in total. The zero-order chi connectivity index (χ0) is 19.5. The molecule has 0 aliphatic carbocycles. The molecule has 0 saturated carbocycles. The van der Waals surface area contributed by atoms with Crippen molar-refractivity contribution in [3.63, 3.8) is 0 Å². The zero-order valence-electron chi connectivity index (χ0n) is 17.0. The molecule has 0 heterocycles. The number of ether oxygens (including phenoxy) is 2. The summed E-state index contributed by atoms with van der Waals surface area (Å²) >= 11 is 0. The molecule has 0 bridgehead atoms. The Hall–Kier alpha value is -1.10. The van der Waals surface area contributed by atoms with Crippen LogP contribution in [0.3, 0.4) is 0 Å². The van der Waals surface area contributed by atoms with Crippen molar-refractivity contribution in [3.05, 3.63) is 0 Å². The Morgan fingerprint density at radius 1 is 0.731 bits per heavy atom. The highest BCUT2D eigenvalue weighted by molar-refractivity contribution is 5.70. The minimum atomic E-state index is -0.754. The predicted octanol–water partition coefficient (Wildman–Crippen LogP) is 4.93. The van der Waals surface area contributed by atoms with Gasteiger partial charge in [-0.2, -0.15) is 0 Å². The summed E-state index contributed by atoms with van der Waals surface area (Å²) in [5, 5.41) is 9.21. The summed E-state index contributed by atoms with van der Waals surface area (Å²) in [4.78, 5) is 23.1. The fourth-order valence-electron chi connectivity index (χ4n) is 2.76. The molecule has 0 amide bonds. The number of aliphatic hydroxyl groups is 1. The van der Waals surface area contributed by atoms with Crippen molar-refractivity contribution in [2.24, 2.45) is 0 Å². The highest BCUT2D eigenvalue weighted by atomic mass is 16.6. The molecular weight excluding hydrogens is 332 g/mol. The average molecular weight is 373 g/mol. The molecule has 0 spiro atoms. The van der Waals surface area contributed by atoms with Crippen LogP contribution in [0.15, 0.2) is 0 Å². The number of esters is 2. The van der Waals surface area contributed by atoms with Gasteiger partial charge in [0.15, 0.2) is 6.10 Å². The summed E-state index contributed by atoms with van der Waals surface area (Å²) in [6.45, 7) is 3.73. The Bertz CT molecular complexity index is 343. The third kappa shape index (κ3) is 16.4. The number of carbonyl (C=O) groups excluding carboxylic acids is 2. The van der Waals surface area contributed by atoms with Crippen LogP contribution in [-0.4, -0.2) is 36.4 Å². The predicted molar refractivity (Wildman–Crippen MR) is 104 cm³/mol. The molecule has 1 atom stereocenters. The third-order valence-corrected chi connectivity index (χ3v) is 4.37. The first-order valence-corrected chi connectivity index (χ1v) is 10.6. The molecule has 5 heteroatoms. The van der Waals surface area contributed by atoms with E-state index in [0.29, 0.717) is 19.3 Å². The van der Waals surface area contributed by atoms with Crippen molar-refractivity contribution in [2.75, 3.05) is 13.2 Å². The van der Waals surface area contributed by atoms with Gasteiger partial charge in [-0.05, 0) is 12.8 Å². The van der Waals surface area contributed by atoms with Gasteiger partial charge in [-0.25, -0.2) is 0 Å². The molecular formula is C21H40O5. The molecule has 0 aliphatic rings. The number of hydrogen-bond acceptors (Lipinski definition) is 5. The van der Waals surface area contributed by atoms with Crippen LogP contribution in [0.25, 0.3) is 0 Å². The number of unbranched alkanes of at least 4 members (excludes halogenated alkanes) is 10. The quantitative estimate of drug-likeness (QED) is 0.273. The molecule has 0 saturated heterocycles. The summed E-state index contributed by atoms with van der Waals surface area (Å²) in [6.07, 6.45) is 14.2. The van der Waals surface area contributed by atoms with E-state index in [9.17, 15) is 14.7 Å². The van der Waals surface area contributed by atoms with Gasteiger partial charge in [-0.1, -0.05) is 78.1 Å². The molecule has 5 nitrogen and oxygen atoms in total. The maximum Gasteiger partial charge on any atom is 0.306 e. The van der Waals surface area contributed by atoms with Crippen LogP contribution in [0, 0.1) is 0 Å². The van der Waals surface area contributed by atoms with Crippen LogP contribution in [0.5, 0.6) is 0 Å². The van der Waals surface area contributed by atoms with E-state index in [4.69, 9.17) is 9.47 Å². The first kappa shape index (κ1) is 24.9. The molecule has 0 aromatic rings. The Kier molecular flexibility index (Phi) is 17.9. The van der Waals surface area contributed by atoms with Crippen LogP contribution in [-0.2, 0) is 19.1 Å². The van der Waals surface area contributed by atoms with Gasteiger partial charge in [0.1, 0.15) is 6.61 Å². The van der Waals surface area contributed by atoms with Crippen LogP contribution in [0.4, 0.5) is 0 Å². The lowest BCUT2D eigenvalue weighted by Crippen LogP contribution is -2.28. The van der Waals surface area contributed by atoms with Crippen molar-refractivity contribution in [2.45, 2.75) is 110 Å². The van der Waals surface area contributed by atoms with E-state index in [1.807, 2.05) is 6.92 Å². The van der Waals surface area contributed by atoms with Gasteiger partial charge >= 0.3 is 11.9 Å². The fourth-order valence-corrected chi connectivity index (χ4v) is 2.76. The van der Waals surface area contributed by atoms with E-state index >= 15 is 0 Å². The second kappa shape index (κ2) is 18.7. The van der Waals surface area contributed by atoms with Crippen LogP contribution in [0.2, 0.25) is 0 Å². The van der Waals surface area contributed by atoms with E-state index < -0.39 is 6.10 Å². The number of hydrogen-bond donors (Lipinski definition) is 1. The van der Waals surface area contributed by atoms with Crippen LogP contribution < -0.4 is 0 Å². The van der Waals surface area contributed by atoms with Gasteiger partial charge in [0.2, 0.25) is 0 Å². The van der Waals surface area contributed by atoms with Crippen molar-refractivity contribution in [1.29, 1.82) is 0 Å². The van der Waals surface area contributed by atoms with Gasteiger partial charge in [-0.3, -0.25) is 9.59 Å². The SMILES string of the molecule is CCCCCCCCCCCCCC(=O)OC(CO)COC(=O)CCC. The van der Waals surface area contributed by atoms with E-state index in [-0.39, 0.29) is 25.2 Å². The Labute approximate surface area is 159 Å². The first-order chi connectivity index (χ1) is 12.6. The van der Waals surface area contributed by atoms with E-state index in [1.165, 1.54) is 51.4 Å². The number of rotatable bonds is 18. The smallest absolute Gasteiger partial charge is 0.306 e. The molecule has 0 aliphatic heterocycles. The average Bonchev–Trinajstić information content (AvgIpc) is 2.63. The topological polar surface area (TPSA) is 72.8 Å². The molecule has 154 valence electrons. The molecule has 0 aromatic carbocycles. The lowest BCUT2D eigenvalue weighted by Gasteiger charge is -2.15. The maximum absolute atomic E-state index is 11.8. The van der Waals surface area contributed by atoms with Gasteiger partial charge in [-0.15, -0.1) is 0 Å². The molecule has 0 aromatic heterocycles. The summed E-state index contributed by atoms with van der Waals surface area (Å²) in [6, 6.07) is 0. The van der Waals surface area contributed by atoms with E-state index in [1.54, 1.807) is 0 Å². The Morgan fingerprint density at radius 2 is 1.27 bits per heavy atom. The standard InChI is InChI=1S/C21H40O5/c1-3-5-6-7-8-9-10-11-12-13-14-16-21(24)26-19(17-22)18-25-20(23)15-4-2/h19,22H,3-18H2,1-2H3. The lowest BCUT2D eigenvalue weighted by atomic mass is 10.1. The minimum Gasteiger partial charge on any atom is -0.462 e. The second-order valence-electron chi connectivity index (χ2n) is 7.01. The largest absolute Gasteiger partial charge is 0.462 e. The molecule has 1 unspecified atom stereocenters. The third-order valence-electron chi connectivity index (χ3n) is 4.37. The van der Waals surface area contributed by atoms with Crippen molar-refractivity contribution < 1.29 is 24.2 Å². The van der Waals surface area contributed by atoms with E-state index in [2.05, 4.69) is 6.92 Å². The second-order valence-corrected chi connectivity index (χ2v) is 7.01. The molecule has 0 fully saturated rings. The molecule has 26 heavy (non-hydrogen) atoms. The van der Waals surface area contributed by atoms with Crippen LogP contribution >= 0.6 is 0 Å². The lowest BCUT2D eigenvalue weighted by molar-refractivity contribution is -0.161. The summed E-state index contributed by atoms with van der Waals surface area (Å²) in [7, 11) is 0. The monoisotopic (exact) mass is 372 g/mol.